The Labute approximate surface area is 105 Å². The van der Waals surface area contributed by atoms with Crippen LogP contribution in [0.3, 0.4) is 0 Å². The van der Waals surface area contributed by atoms with E-state index in [-0.39, 0.29) is 6.61 Å². The van der Waals surface area contributed by atoms with E-state index in [4.69, 9.17) is 5.11 Å². The smallest absolute Gasteiger partial charge is 0.103 e. The first kappa shape index (κ1) is 14.2. The van der Waals surface area contributed by atoms with Crippen molar-refractivity contribution in [2.45, 2.75) is 45.4 Å². The third-order valence-corrected chi connectivity index (χ3v) is 3.09. The largest absolute Gasteiger partial charge is 0.395 e. The van der Waals surface area contributed by atoms with Crippen LogP contribution >= 0.6 is 0 Å². The van der Waals surface area contributed by atoms with Gasteiger partial charge in [0.15, 0.2) is 0 Å². The Bertz CT molecular complexity index is 249. The molecule has 0 bridgehead atoms. The van der Waals surface area contributed by atoms with Crippen molar-refractivity contribution < 1.29 is 5.11 Å². The fourth-order valence-electron chi connectivity index (χ4n) is 2.08. The minimum Gasteiger partial charge on any atom is -0.395 e. The molecule has 17 heavy (non-hydrogen) atoms. The van der Waals surface area contributed by atoms with Gasteiger partial charge in [-0.1, -0.05) is 38.3 Å². The van der Waals surface area contributed by atoms with Crippen molar-refractivity contribution in [1.29, 1.82) is 0 Å². The second-order valence-electron chi connectivity index (χ2n) is 4.53. The van der Waals surface area contributed by atoms with E-state index >= 15 is 0 Å². The van der Waals surface area contributed by atoms with Crippen LogP contribution < -0.4 is 0 Å². The predicted molar refractivity (Wildman–Crippen MR) is 73.5 cm³/mol. The average molecular weight is 238 g/mol. The Kier molecular flexibility index (Phi) is 7.72. The van der Waals surface area contributed by atoms with Gasteiger partial charge >= 0.3 is 0 Å². The second-order valence-corrected chi connectivity index (χ2v) is 4.53. The van der Waals surface area contributed by atoms with Crippen molar-refractivity contribution in [2.24, 2.45) is 4.99 Å². The average Bonchev–Trinajstić information content (AvgIpc) is 2.76. The summed E-state index contributed by atoms with van der Waals surface area (Å²) in [6.07, 6.45) is 11.9. The van der Waals surface area contributed by atoms with Crippen molar-refractivity contribution >= 4 is 5.84 Å². The molecule has 1 aliphatic heterocycles. The summed E-state index contributed by atoms with van der Waals surface area (Å²) in [4.78, 5) is 6.65. The lowest BCUT2D eigenvalue weighted by Gasteiger charge is -2.17. The van der Waals surface area contributed by atoms with Crippen molar-refractivity contribution in [3.8, 4) is 0 Å². The normalized spacial score (nSPS) is 15.9. The summed E-state index contributed by atoms with van der Waals surface area (Å²) in [6.45, 7) is 5.05. The third-order valence-electron chi connectivity index (χ3n) is 3.09. The quantitative estimate of drug-likeness (QED) is 0.495. The summed E-state index contributed by atoms with van der Waals surface area (Å²) in [5.74, 6) is 1.14. The number of rotatable bonds is 9. The predicted octanol–water partition coefficient (Wildman–Crippen LogP) is 2.61. The SMILES string of the molecule is CCCCCC/C=C/CC1=NCCN1CCO. The number of allylic oxidation sites excluding steroid dienone is 1. The zero-order valence-corrected chi connectivity index (χ0v) is 11.1. The molecule has 0 amide bonds. The fraction of sp³-hybridized carbons (Fsp3) is 0.786. The van der Waals surface area contributed by atoms with Gasteiger partial charge in [-0.15, -0.1) is 0 Å². The molecule has 1 heterocycles. The molecule has 0 saturated carbocycles. The van der Waals surface area contributed by atoms with Gasteiger partial charge in [-0.3, -0.25) is 4.99 Å². The number of aliphatic hydroxyl groups is 1. The van der Waals surface area contributed by atoms with Gasteiger partial charge in [0.05, 0.1) is 13.2 Å². The summed E-state index contributed by atoms with van der Waals surface area (Å²) < 4.78 is 0. The molecule has 0 spiro atoms. The summed E-state index contributed by atoms with van der Waals surface area (Å²) in [5, 5.41) is 8.92. The van der Waals surface area contributed by atoms with Crippen molar-refractivity contribution in [2.75, 3.05) is 26.2 Å². The van der Waals surface area contributed by atoms with Crippen LogP contribution in [-0.4, -0.2) is 42.1 Å². The summed E-state index contributed by atoms with van der Waals surface area (Å²) in [5.41, 5.74) is 0. The molecule has 0 aromatic carbocycles. The highest BCUT2D eigenvalue weighted by atomic mass is 16.3. The fourth-order valence-corrected chi connectivity index (χ4v) is 2.08. The first-order valence-corrected chi connectivity index (χ1v) is 6.92. The van der Waals surface area contributed by atoms with E-state index in [2.05, 4.69) is 29.0 Å². The van der Waals surface area contributed by atoms with Crippen LogP contribution in [0.25, 0.3) is 0 Å². The summed E-state index contributed by atoms with van der Waals surface area (Å²) in [7, 11) is 0. The maximum Gasteiger partial charge on any atom is 0.103 e. The Morgan fingerprint density at radius 1 is 1.29 bits per heavy atom. The van der Waals surface area contributed by atoms with Crippen LogP contribution in [0.15, 0.2) is 17.1 Å². The van der Waals surface area contributed by atoms with Gasteiger partial charge in [0, 0.05) is 19.5 Å². The number of β-amino-alcohol motifs (C(OH)–C–C–N with tert-alkyl or cyclic N) is 1. The third kappa shape index (κ3) is 5.87. The summed E-state index contributed by atoms with van der Waals surface area (Å²) >= 11 is 0. The van der Waals surface area contributed by atoms with Gasteiger partial charge in [0.25, 0.3) is 0 Å². The van der Waals surface area contributed by atoms with E-state index in [0.717, 1.165) is 31.9 Å². The Morgan fingerprint density at radius 2 is 2.18 bits per heavy atom. The van der Waals surface area contributed by atoms with Gasteiger partial charge in [0.1, 0.15) is 5.84 Å². The zero-order valence-electron chi connectivity index (χ0n) is 11.1. The van der Waals surface area contributed by atoms with E-state index in [1.54, 1.807) is 0 Å². The molecule has 3 heteroatoms. The topological polar surface area (TPSA) is 35.8 Å². The van der Waals surface area contributed by atoms with Crippen LogP contribution in [0.2, 0.25) is 0 Å². The molecule has 0 radical (unpaired) electrons. The minimum atomic E-state index is 0.222. The lowest BCUT2D eigenvalue weighted by Crippen LogP contribution is -2.30. The zero-order chi connectivity index (χ0) is 12.3. The van der Waals surface area contributed by atoms with E-state index in [0.29, 0.717) is 0 Å². The van der Waals surface area contributed by atoms with E-state index in [1.165, 1.54) is 32.1 Å². The maximum atomic E-state index is 8.92. The maximum absolute atomic E-state index is 8.92. The molecule has 0 aliphatic carbocycles. The number of unbranched alkanes of at least 4 members (excludes halogenated alkanes) is 4. The van der Waals surface area contributed by atoms with Crippen molar-refractivity contribution in [1.82, 2.24) is 4.90 Å². The highest BCUT2D eigenvalue weighted by molar-refractivity contribution is 5.85. The second kappa shape index (κ2) is 9.23. The molecule has 1 aliphatic rings. The van der Waals surface area contributed by atoms with Gasteiger partial charge in [-0.05, 0) is 12.8 Å². The molecule has 1 rings (SSSR count). The molecular weight excluding hydrogens is 212 g/mol. The van der Waals surface area contributed by atoms with Crippen LogP contribution in [0.1, 0.15) is 45.4 Å². The molecule has 98 valence electrons. The molecule has 0 atom stereocenters. The lowest BCUT2D eigenvalue weighted by molar-refractivity contribution is 0.255. The number of nitrogens with zero attached hydrogens (tertiary/aromatic N) is 2. The van der Waals surface area contributed by atoms with E-state index in [9.17, 15) is 0 Å². The number of aliphatic imine (C=N–C) groups is 1. The molecule has 0 unspecified atom stereocenters. The Balaban J connectivity index is 2.10. The lowest BCUT2D eigenvalue weighted by atomic mass is 10.1. The molecule has 3 nitrogen and oxygen atoms in total. The monoisotopic (exact) mass is 238 g/mol. The Hall–Kier alpha value is -0.830. The number of aliphatic hydroxyl groups excluding tert-OH is 1. The van der Waals surface area contributed by atoms with Crippen molar-refractivity contribution in [3.63, 3.8) is 0 Å². The van der Waals surface area contributed by atoms with Crippen LogP contribution in [0.5, 0.6) is 0 Å². The van der Waals surface area contributed by atoms with Gasteiger partial charge in [-0.25, -0.2) is 0 Å². The molecule has 0 aromatic rings. The minimum absolute atomic E-state index is 0.222. The first-order valence-electron chi connectivity index (χ1n) is 6.92. The highest BCUT2D eigenvalue weighted by Gasteiger charge is 2.13. The van der Waals surface area contributed by atoms with E-state index < -0.39 is 0 Å². The Morgan fingerprint density at radius 3 is 2.94 bits per heavy atom. The molecular formula is C14H26N2O. The van der Waals surface area contributed by atoms with Crippen LogP contribution in [0, 0.1) is 0 Å². The van der Waals surface area contributed by atoms with Gasteiger partial charge in [0.2, 0.25) is 0 Å². The van der Waals surface area contributed by atoms with Crippen LogP contribution in [-0.2, 0) is 0 Å². The number of hydrogen-bond donors (Lipinski definition) is 1. The van der Waals surface area contributed by atoms with Gasteiger partial charge < -0.3 is 10.0 Å². The highest BCUT2D eigenvalue weighted by Crippen LogP contribution is 2.07. The first-order chi connectivity index (χ1) is 8.38. The standard InChI is InChI=1S/C14H26N2O/c1-2-3-4-5-6-7-8-9-14-15-10-11-16(14)12-13-17/h7-8,17H,2-6,9-13H2,1H3/b8-7+. The van der Waals surface area contributed by atoms with E-state index in [1.807, 2.05) is 0 Å². The van der Waals surface area contributed by atoms with Gasteiger partial charge in [-0.2, -0.15) is 0 Å². The summed E-state index contributed by atoms with van der Waals surface area (Å²) in [6, 6.07) is 0. The molecule has 0 aromatic heterocycles. The van der Waals surface area contributed by atoms with Crippen molar-refractivity contribution in [3.05, 3.63) is 12.2 Å². The number of hydrogen-bond acceptors (Lipinski definition) is 3. The molecule has 0 saturated heterocycles. The number of amidine groups is 1. The molecule has 0 fully saturated rings. The molecule has 1 N–H and O–H groups in total. The van der Waals surface area contributed by atoms with Crippen LogP contribution in [0.4, 0.5) is 0 Å².